The minimum atomic E-state index is -0.0600. The van der Waals surface area contributed by atoms with Crippen molar-refractivity contribution in [2.75, 3.05) is 5.01 Å². The lowest BCUT2D eigenvalue weighted by atomic mass is 10.0. The lowest BCUT2D eigenvalue weighted by molar-refractivity contribution is 0.0938. The number of aromatic nitrogens is 1. The van der Waals surface area contributed by atoms with Crippen LogP contribution in [0.3, 0.4) is 0 Å². The maximum atomic E-state index is 12.6. The van der Waals surface area contributed by atoms with Crippen molar-refractivity contribution in [1.29, 1.82) is 0 Å². The summed E-state index contributed by atoms with van der Waals surface area (Å²) in [4.78, 5) is 17.4. The molecule has 1 amide bonds. The fourth-order valence-corrected chi connectivity index (χ4v) is 2.25. The molecule has 0 radical (unpaired) electrons. The van der Waals surface area contributed by atoms with Crippen molar-refractivity contribution in [2.45, 2.75) is 72.9 Å². The summed E-state index contributed by atoms with van der Waals surface area (Å²) in [5, 5.41) is 8.89. The highest BCUT2D eigenvalue weighted by molar-refractivity contribution is 5.97. The van der Waals surface area contributed by atoms with E-state index in [9.17, 15) is 4.79 Å². The molecule has 1 rings (SSSR count). The van der Waals surface area contributed by atoms with E-state index in [1.807, 2.05) is 33.8 Å². The predicted molar refractivity (Wildman–Crippen MR) is 97.4 cm³/mol. The van der Waals surface area contributed by atoms with Gasteiger partial charge in [-0.2, -0.15) is 5.10 Å². The van der Waals surface area contributed by atoms with Gasteiger partial charge in [0.25, 0.3) is 5.91 Å². The second kappa shape index (κ2) is 8.09. The van der Waals surface area contributed by atoms with Crippen LogP contribution in [0, 0.1) is 6.92 Å². The van der Waals surface area contributed by atoms with E-state index in [4.69, 9.17) is 4.98 Å². The van der Waals surface area contributed by atoms with E-state index in [0.29, 0.717) is 11.4 Å². The number of anilines is 1. The largest absolute Gasteiger partial charge is 0.350 e. The van der Waals surface area contributed by atoms with Crippen LogP contribution >= 0.6 is 0 Å². The number of amides is 1. The van der Waals surface area contributed by atoms with Gasteiger partial charge in [-0.3, -0.25) is 4.79 Å². The smallest absolute Gasteiger partial charge is 0.251 e. The molecule has 1 N–H and O–H groups in total. The topological polar surface area (TPSA) is 57.6 Å². The van der Waals surface area contributed by atoms with Gasteiger partial charge in [-0.05, 0) is 46.1 Å². The molecule has 5 nitrogen and oxygen atoms in total. The van der Waals surface area contributed by atoms with Crippen LogP contribution in [-0.4, -0.2) is 29.7 Å². The SMILES string of the molecule is C=NN(c1nc(C(C)C)cc(C(=O)NC(C)CC)c1C)C(C)C. The number of nitrogens with zero attached hydrogens (tertiary/aromatic N) is 3. The zero-order chi connectivity index (χ0) is 17.7. The first-order valence-electron chi connectivity index (χ1n) is 8.31. The second-order valence-electron chi connectivity index (χ2n) is 6.56. The number of hydrogen-bond donors (Lipinski definition) is 1. The molecule has 0 fully saturated rings. The van der Waals surface area contributed by atoms with Crippen LogP contribution in [0.5, 0.6) is 0 Å². The van der Waals surface area contributed by atoms with Crippen LogP contribution < -0.4 is 10.3 Å². The third-order valence-electron chi connectivity index (χ3n) is 3.95. The molecule has 0 aliphatic carbocycles. The minimum Gasteiger partial charge on any atom is -0.350 e. The van der Waals surface area contributed by atoms with E-state index < -0.39 is 0 Å². The number of carbonyl (C=O) groups excluding carboxylic acids is 1. The average molecular weight is 318 g/mol. The van der Waals surface area contributed by atoms with Crippen LogP contribution in [0.25, 0.3) is 0 Å². The van der Waals surface area contributed by atoms with Crippen molar-refractivity contribution in [3.63, 3.8) is 0 Å². The Bertz CT molecular complexity index is 566. The second-order valence-corrected chi connectivity index (χ2v) is 6.56. The predicted octanol–water partition coefficient (Wildman–Crippen LogP) is 3.87. The summed E-state index contributed by atoms with van der Waals surface area (Å²) in [6.07, 6.45) is 0.895. The number of hydrazone groups is 1. The molecule has 1 atom stereocenters. The van der Waals surface area contributed by atoms with E-state index in [2.05, 4.69) is 37.9 Å². The summed E-state index contributed by atoms with van der Waals surface area (Å²) in [5.41, 5.74) is 2.37. The van der Waals surface area contributed by atoms with Crippen LogP contribution in [-0.2, 0) is 0 Å². The summed E-state index contributed by atoms with van der Waals surface area (Å²) in [6, 6.07) is 2.15. The van der Waals surface area contributed by atoms with Gasteiger partial charge in [0.1, 0.15) is 0 Å². The van der Waals surface area contributed by atoms with Crippen molar-refractivity contribution < 1.29 is 4.79 Å². The third-order valence-corrected chi connectivity index (χ3v) is 3.95. The van der Waals surface area contributed by atoms with E-state index in [1.165, 1.54) is 0 Å². The highest BCUT2D eigenvalue weighted by Gasteiger charge is 2.22. The van der Waals surface area contributed by atoms with Crippen molar-refractivity contribution >= 4 is 18.4 Å². The first kappa shape index (κ1) is 19.1. The van der Waals surface area contributed by atoms with Crippen LogP contribution in [0.2, 0.25) is 0 Å². The zero-order valence-corrected chi connectivity index (χ0v) is 15.5. The van der Waals surface area contributed by atoms with Gasteiger partial charge in [-0.1, -0.05) is 20.8 Å². The van der Waals surface area contributed by atoms with Crippen molar-refractivity contribution in [2.24, 2.45) is 5.10 Å². The summed E-state index contributed by atoms with van der Waals surface area (Å²) in [5.74, 6) is 0.869. The van der Waals surface area contributed by atoms with Gasteiger partial charge in [-0.15, -0.1) is 0 Å². The maximum Gasteiger partial charge on any atom is 0.251 e. The van der Waals surface area contributed by atoms with E-state index in [1.54, 1.807) is 5.01 Å². The molecule has 0 aliphatic rings. The van der Waals surface area contributed by atoms with Gasteiger partial charge >= 0.3 is 0 Å². The van der Waals surface area contributed by atoms with E-state index in [-0.39, 0.29) is 23.9 Å². The fourth-order valence-electron chi connectivity index (χ4n) is 2.25. The first-order valence-corrected chi connectivity index (χ1v) is 8.31. The molecule has 0 bridgehead atoms. The van der Waals surface area contributed by atoms with Gasteiger partial charge in [-0.25, -0.2) is 9.99 Å². The molecule has 1 aromatic rings. The van der Waals surface area contributed by atoms with Crippen LogP contribution in [0.1, 0.15) is 75.5 Å². The number of hydrogen-bond acceptors (Lipinski definition) is 4. The Morgan fingerprint density at radius 2 is 1.96 bits per heavy atom. The van der Waals surface area contributed by atoms with E-state index in [0.717, 1.165) is 17.7 Å². The van der Waals surface area contributed by atoms with Crippen LogP contribution in [0.4, 0.5) is 5.82 Å². The third kappa shape index (κ3) is 4.53. The van der Waals surface area contributed by atoms with Crippen molar-refractivity contribution in [3.8, 4) is 0 Å². The van der Waals surface area contributed by atoms with Gasteiger partial charge < -0.3 is 5.32 Å². The zero-order valence-electron chi connectivity index (χ0n) is 15.5. The summed E-state index contributed by atoms with van der Waals surface area (Å²) >= 11 is 0. The Kier molecular flexibility index (Phi) is 6.73. The fraction of sp³-hybridized carbons (Fsp3) is 0.611. The molecule has 0 aromatic carbocycles. The molecule has 0 saturated carbocycles. The average Bonchev–Trinajstić information content (AvgIpc) is 2.48. The van der Waals surface area contributed by atoms with Gasteiger partial charge in [0.2, 0.25) is 0 Å². The molecule has 1 aromatic heterocycles. The Labute approximate surface area is 140 Å². The van der Waals surface area contributed by atoms with Gasteiger partial charge in [0, 0.05) is 35.6 Å². The summed E-state index contributed by atoms with van der Waals surface area (Å²) in [6.45, 7) is 17.8. The van der Waals surface area contributed by atoms with Crippen molar-refractivity contribution in [3.05, 3.63) is 22.9 Å². The molecule has 1 unspecified atom stereocenters. The number of nitrogens with one attached hydrogen (secondary N) is 1. The molecule has 1 heterocycles. The quantitative estimate of drug-likeness (QED) is 0.613. The highest BCUT2D eigenvalue weighted by Crippen LogP contribution is 2.27. The lowest BCUT2D eigenvalue weighted by Gasteiger charge is -2.26. The molecular formula is C18H30N4O. The number of pyridine rings is 1. The summed E-state index contributed by atoms with van der Waals surface area (Å²) in [7, 11) is 0. The Morgan fingerprint density at radius 1 is 1.35 bits per heavy atom. The number of carbonyl (C=O) groups is 1. The Morgan fingerprint density at radius 3 is 2.39 bits per heavy atom. The molecule has 0 aliphatic heterocycles. The molecule has 0 saturated heterocycles. The minimum absolute atomic E-state index is 0.0600. The molecule has 23 heavy (non-hydrogen) atoms. The Balaban J connectivity index is 3.43. The van der Waals surface area contributed by atoms with Crippen LogP contribution in [0.15, 0.2) is 11.2 Å². The Hall–Kier alpha value is -1.91. The molecular weight excluding hydrogens is 288 g/mol. The molecule has 5 heteroatoms. The maximum absolute atomic E-state index is 12.6. The van der Waals surface area contributed by atoms with E-state index >= 15 is 0 Å². The normalized spacial score (nSPS) is 12.4. The van der Waals surface area contributed by atoms with Crippen molar-refractivity contribution in [1.82, 2.24) is 10.3 Å². The number of rotatable bonds is 7. The first-order chi connectivity index (χ1) is 10.7. The molecule has 0 spiro atoms. The van der Waals surface area contributed by atoms with Gasteiger partial charge in [0.05, 0.1) is 0 Å². The highest BCUT2D eigenvalue weighted by atomic mass is 16.1. The molecule has 128 valence electrons. The van der Waals surface area contributed by atoms with Gasteiger partial charge in [0.15, 0.2) is 5.82 Å². The monoisotopic (exact) mass is 318 g/mol. The summed E-state index contributed by atoms with van der Waals surface area (Å²) < 4.78 is 0. The standard InChI is InChI=1S/C18H30N4O/c1-9-13(6)20-18(23)15-10-16(11(2)3)21-17(14(15)7)22(19-8)12(4)5/h10-13H,8-9H2,1-7H3,(H,20,23). The lowest BCUT2D eigenvalue weighted by Crippen LogP contribution is -2.33.